The molecule has 1 aliphatic carbocycles. The smallest absolute Gasteiger partial charge is 0.128 e. The Labute approximate surface area is 135 Å². The fraction of sp³-hybridized carbons (Fsp3) is 0.647. The summed E-state index contributed by atoms with van der Waals surface area (Å²) in [5.74, 6) is 1.72. The standard InChI is InChI=1S/C17H24BrNO2/c1-12-3-2-5-17(9-12,11-19)21-10-14-8-15(18)7-13-4-6-20-16(13)14/h7-8,12H,2-6,9-11,19H2,1H3. The van der Waals surface area contributed by atoms with Gasteiger partial charge in [0.25, 0.3) is 0 Å². The molecule has 1 fully saturated rings. The Hall–Kier alpha value is -0.580. The van der Waals surface area contributed by atoms with Crippen molar-refractivity contribution in [3.05, 3.63) is 27.7 Å². The van der Waals surface area contributed by atoms with Crippen LogP contribution in [-0.2, 0) is 17.8 Å². The van der Waals surface area contributed by atoms with Crippen molar-refractivity contribution in [2.75, 3.05) is 13.2 Å². The van der Waals surface area contributed by atoms with Gasteiger partial charge in [0.05, 0.1) is 18.8 Å². The molecule has 3 nitrogen and oxygen atoms in total. The molecule has 0 spiro atoms. The van der Waals surface area contributed by atoms with Gasteiger partial charge >= 0.3 is 0 Å². The van der Waals surface area contributed by atoms with Crippen LogP contribution < -0.4 is 10.5 Å². The molecule has 2 atom stereocenters. The van der Waals surface area contributed by atoms with Crippen molar-refractivity contribution < 1.29 is 9.47 Å². The fourth-order valence-corrected chi connectivity index (χ4v) is 4.22. The van der Waals surface area contributed by atoms with E-state index in [-0.39, 0.29) is 5.60 Å². The molecule has 4 heteroatoms. The molecule has 1 aromatic rings. The Morgan fingerprint density at radius 2 is 2.33 bits per heavy atom. The number of benzene rings is 1. The van der Waals surface area contributed by atoms with Crippen molar-refractivity contribution >= 4 is 15.9 Å². The van der Waals surface area contributed by atoms with E-state index in [0.29, 0.717) is 19.1 Å². The van der Waals surface area contributed by atoms with E-state index in [9.17, 15) is 0 Å². The zero-order chi connectivity index (χ0) is 14.9. The van der Waals surface area contributed by atoms with Gasteiger partial charge in [-0.1, -0.05) is 35.7 Å². The first-order valence-corrected chi connectivity index (χ1v) is 8.69. The molecule has 0 amide bonds. The van der Waals surface area contributed by atoms with Crippen LogP contribution >= 0.6 is 15.9 Å². The third-order valence-electron chi connectivity index (χ3n) is 4.78. The highest BCUT2D eigenvalue weighted by molar-refractivity contribution is 9.10. The topological polar surface area (TPSA) is 44.5 Å². The minimum Gasteiger partial charge on any atom is -0.493 e. The Bertz CT molecular complexity index is 520. The summed E-state index contributed by atoms with van der Waals surface area (Å²) in [6.07, 6.45) is 5.64. The molecule has 1 aliphatic heterocycles. The highest BCUT2D eigenvalue weighted by Gasteiger charge is 2.35. The molecule has 1 saturated carbocycles. The van der Waals surface area contributed by atoms with Crippen LogP contribution in [0.3, 0.4) is 0 Å². The lowest BCUT2D eigenvalue weighted by molar-refractivity contribution is -0.0844. The lowest BCUT2D eigenvalue weighted by atomic mass is 9.79. The van der Waals surface area contributed by atoms with Crippen molar-refractivity contribution in [2.24, 2.45) is 11.7 Å². The van der Waals surface area contributed by atoms with E-state index in [2.05, 4.69) is 35.0 Å². The number of hydrogen-bond donors (Lipinski definition) is 1. The third-order valence-corrected chi connectivity index (χ3v) is 5.24. The lowest BCUT2D eigenvalue weighted by Crippen LogP contribution is -2.44. The Morgan fingerprint density at radius 3 is 3.10 bits per heavy atom. The summed E-state index contributed by atoms with van der Waals surface area (Å²) in [6, 6.07) is 4.26. The minimum absolute atomic E-state index is 0.147. The summed E-state index contributed by atoms with van der Waals surface area (Å²) in [4.78, 5) is 0. The molecule has 2 N–H and O–H groups in total. The van der Waals surface area contributed by atoms with E-state index < -0.39 is 0 Å². The van der Waals surface area contributed by atoms with Crippen molar-refractivity contribution in [2.45, 2.75) is 51.2 Å². The highest BCUT2D eigenvalue weighted by atomic mass is 79.9. The number of hydrogen-bond acceptors (Lipinski definition) is 3. The SMILES string of the molecule is CC1CCCC(CN)(OCc2cc(Br)cc3c2OCC3)C1. The summed E-state index contributed by atoms with van der Waals surface area (Å²) in [6.45, 7) is 4.27. The van der Waals surface area contributed by atoms with E-state index in [1.165, 1.54) is 18.4 Å². The first-order valence-electron chi connectivity index (χ1n) is 7.90. The summed E-state index contributed by atoms with van der Waals surface area (Å²) in [5, 5.41) is 0. The van der Waals surface area contributed by atoms with Crippen LogP contribution in [0.5, 0.6) is 5.75 Å². The monoisotopic (exact) mass is 353 g/mol. The molecule has 0 saturated heterocycles. The van der Waals surface area contributed by atoms with Crippen LogP contribution in [-0.4, -0.2) is 18.8 Å². The second kappa shape index (κ2) is 6.27. The predicted molar refractivity (Wildman–Crippen MR) is 87.5 cm³/mol. The van der Waals surface area contributed by atoms with Gasteiger partial charge in [-0.2, -0.15) is 0 Å². The van der Waals surface area contributed by atoms with Crippen molar-refractivity contribution in [3.8, 4) is 5.75 Å². The quantitative estimate of drug-likeness (QED) is 0.894. The average molecular weight is 354 g/mol. The van der Waals surface area contributed by atoms with Gasteiger partial charge in [0.1, 0.15) is 5.75 Å². The number of rotatable bonds is 4. The largest absolute Gasteiger partial charge is 0.493 e. The molecule has 1 aromatic carbocycles. The average Bonchev–Trinajstić information content (AvgIpc) is 2.93. The molecule has 0 bridgehead atoms. The van der Waals surface area contributed by atoms with E-state index in [1.54, 1.807) is 0 Å². The molecule has 2 unspecified atom stereocenters. The first kappa shape index (κ1) is 15.3. The van der Waals surface area contributed by atoms with Gasteiger partial charge < -0.3 is 15.2 Å². The molecule has 3 rings (SSSR count). The van der Waals surface area contributed by atoms with Gasteiger partial charge in [-0.25, -0.2) is 0 Å². The summed E-state index contributed by atoms with van der Waals surface area (Å²) < 4.78 is 13.2. The third kappa shape index (κ3) is 3.27. The molecule has 0 radical (unpaired) electrons. The van der Waals surface area contributed by atoms with E-state index in [1.807, 2.05) is 0 Å². The highest BCUT2D eigenvalue weighted by Crippen LogP contribution is 2.38. The number of nitrogens with two attached hydrogens (primary N) is 1. The second-order valence-electron chi connectivity index (χ2n) is 6.53. The van der Waals surface area contributed by atoms with Gasteiger partial charge in [-0.05, 0) is 36.5 Å². The molecule has 1 heterocycles. The van der Waals surface area contributed by atoms with E-state index >= 15 is 0 Å². The maximum absolute atomic E-state index is 6.33. The summed E-state index contributed by atoms with van der Waals surface area (Å²) in [5.41, 5.74) is 8.32. The maximum atomic E-state index is 6.33. The predicted octanol–water partition coefficient (Wildman–Crippen LogP) is 3.81. The normalized spacial score (nSPS) is 28.2. The molecular weight excluding hydrogens is 330 g/mol. The van der Waals surface area contributed by atoms with Crippen LogP contribution in [0.2, 0.25) is 0 Å². The molecular formula is C17H24BrNO2. The summed E-state index contributed by atoms with van der Waals surface area (Å²) >= 11 is 3.59. The summed E-state index contributed by atoms with van der Waals surface area (Å²) in [7, 11) is 0. The number of halogens is 1. The molecule has 0 aromatic heterocycles. The Morgan fingerprint density at radius 1 is 1.48 bits per heavy atom. The van der Waals surface area contributed by atoms with Gasteiger partial charge in [0.15, 0.2) is 0 Å². The molecule has 116 valence electrons. The first-order chi connectivity index (χ1) is 10.1. The van der Waals surface area contributed by atoms with E-state index in [0.717, 1.165) is 41.7 Å². The van der Waals surface area contributed by atoms with E-state index in [4.69, 9.17) is 15.2 Å². The Balaban J connectivity index is 1.75. The zero-order valence-electron chi connectivity index (χ0n) is 12.7. The van der Waals surface area contributed by atoms with Crippen molar-refractivity contribution in [3.63, 3.8) is 0 Å². The van der Waals surface area contributed by atoms with Crippen molar-refractivity contribution in [1.29, 1.82) is 0 Å². The lowest BCUT2D eigenvalue weighted by Gasteiger charge is -2.39. The van der Waals surface area contributed by atoms with Gasteiger partial charge in [0, 0.05) is 23.0 Å². The molecule has 2 aliphatic rings. The molecule has 21 heavy (non-hydrogen) atoms. The van der Waals surface area contributed by atoms with Crippen LogP contribution in [0.25, 0.3) is 0 Å². The minimum atomic E-state index is -0.147. The van der Waals surface area contributed by atoms with Gasteiger partial charge in [-0.15, -0.1) is 0 Å². The van der Waals surface area contributed by atoms with Crippen LogP contribution in [0.1, 0.15) is 43.7 Å². The maximum Gasteiger partial charge on any atom is 0.128 e. The second-order valence-corrected chi connectivity index (χ2v) is 7.44. The van der Waals surface area contributed by atoms with Gasteiger partial charge in [-0.3, -0.25) is 0 Å². The van der Waals surface area contributed by atoms with Crippen LogP contribution in [0, 0.1) is 5.92 Å². The van der Waals surface area contributed by atoms with Gasteiger partial charge in [0.2, 0.25) is 0 Å². The van der Waals surface area contributed by atoms with Crippen LogP contribution in [0.4, 0.5) is 0 Å². The van der Waals surface area contributed by atoms with Crippen molar-refractivity contribution in [1.82, 2.24) is 0 Å². The fourth-order valence-electron chi connectivity index (χ4n) is 3.67. The zero-order valence-corrected chi connectivity index (χ0v) is 14.2. The number of fused-ring (bicyclic) bond motifs is 1. The van der Waals surface area contributed by atoms with Crippen LogP contribution in [0.15, 0.2) is 16.6 Å². The Kier molecular flexibility index (Phi) is 4.57. The number of ether oxygens (including phenoxy) is 2.